The number of hydrogen-bond donors (Lipinski definition) is 0. The molecule has 0 heterocycles. The van der Waals surface area contributed by atoms with E-state index < -0.39 is 15.8 Å². The molecule has 0 saturated carbocycles. The predicted molar refractivity (Wildman–Crippen MR) is 83.1 cm³/mol. The van der Waals surface area contributed by atoms with Gasteiger partial charge in [-0.1, -0.05) is 23.7 Å². The molecule has 22 heavy (non-hydrogen) atoms. The van der Waals surface area contributed by atoms with Crippen molar-refractivity contribution in [2.75, 3.05) is 14.2 Å². The van der Waals surface area contributed by atoms with Crippen molar-refractivity contribution in [2.45, 2.75) is 11.4 Å². The summed E-state index contributed by atoms with van der Waals surface area (Å²) in [6, 6.07) is 10.0. The standard InChI is InChI=1S/C15H15ClFNO3S/c1-18(10-11-4-3-5-12(17)8-11)22(19,20)13-6-7-15(21-2)14(16)9-13/h3-9H,10H2,1-2H3. The van der Waals surface area contributed by atoms with Crippen molar-refractivity contribution in [1.82, 2.24) is 4.31 Å². The summed E-state index contributed by atoms with van der Waals surface area (Å²) in [5.41, 5.74) is 0.561. The van der Waals surface area contributed by atoms with Gasteiger partial charge >= 0.3 is 0 Å². The Morgan fingerprint density at radius 3 is 2.55 bits per heavy atom. The molecule has 0 spiro atoms. The molecule has 2 rings (SSSR count). The summed E-state index contributed by atoms with van der Waals surface area (Å²) in [5.74, 6) is -0.0100. The highest BCUT2D eigenvalue weighted by Crippen LogP contribution is 2.28. The molecule has 2 aromatic carbocycles. The van der Waals surface area contributed by atoms with E-state index in [1.54, 1.807) is 6.07 Å². The van der Waals surface area contributed by atoms with Crippen LogP contribution in [0.3, 0.4) is 0 Å². The number of hydrogen-bond acceptors (Lipinski definition) is 3. The topological polar surface area (TPSA) is 46.6 Å². The molecule has 0 aliphatic heterocycles. The summed E-state index contributed by atoms with van der Waals surface area (Å²) in [6.45, 7) is 0.0593. The number of ether oxygens (including phenoxy) is 1. The minimum absolute atomic E-state index is 0.0530. The largest absolute Gasteiger partial charge is 0.495 e. The van der Waals surface area contributed by atoms with E-state index in [-0.39, 0.29) is 16.5 Å². The Labute approximate surface area is 134 Å². The molecule has 118 valence electrons. The SMILES string of the molecule is COc1ccc(S(=O)(=O)N(C)Cc2cccc(F)c2)cc1Cl. The second kappa shape index (κ2) is 6.64. The van der Waals surface area contributed by atoms with Gasteiger partial charge in [0.1, 0.15) is 11.6 Å². The molecule has 0 saturated heterocycles. The van der Waals surface area contributed by atoms with Gasteiger partial charge in [0.25, 0.3) is 0 Å². The average molecular weight is 344 g/mol. The minimum atomic E-state index is -3.73. The zero-order valence-corrected chi connectivity index (χ0v) is 13.7. The van der Waals surface area contributed by atoms with E-state index in [0.717, 1.165) is 4.31 Å². The maximum Gasteiger partial charge on any atom is 0.243 e. The van der Waals surface area contributed by atoms with Crippen LogP contribution in [0.25, 0.3) is 0 Å². The monoisotopic (exact) mass is 343 g/mol. The molecule has 0 aromatic heterocycles. The van der Waals surface area contributed by atoms with Gasteiger partial charge in [-0.15, -0.1) is 0 Å². The summed E-state index contributed by atoms with van der Waals surface area (Å²) < 4.78 is 44.3. The third-order valence-corrected chi connectivity index (χ3v) is 5.22. The number of halogens is 2. The van der Waals surface area contributed by atoms with Crippen molar-refractivity contribution in [3.63, 3.8) is 0 Å². The van der Waals surface area contributed by atoms with E-state index >= 15 is 0 Å². The van der Waals surface area contributed by atoms with E-state index in [4.69, 9.17) is 16.3 Å². The molecule has 0 radical (unpaired) electrons. The lowest BCUT2D eigenvalue weighted by Crippen LogP contribution is -2.26. The average Bonchev–Trinajstić information content (AvgIpc) is 2.47. The van der Waals surface area contributed by atoms with Gasteiger partial charge in [0.05, 0.1) is 17.0 Å². The van der Waals surface area contributed by atoms with Crippen LogP contribution in [-0.2, 0) is 16.6 Å². The Morgan fingerprint density at radius 1 is 1.23 bits per heavy atom. The molecule has 0 amide bonds. The third-order valence-electron chi connectivity index (χ3n) is 3.13. The fourth-order valence-electron chi connectivity index (χ4n) is 1.96. The van der Waals surface area contributed by atoms with E-state index in [1.807, 2.05) is 0 Å². The highest BCUT2D eigenvalue weighted by atomic mass is 35.5. The van der Waals surface area contributed by atoms with Gasteiger partial charge in [-0.3, -0.25) is 0 Å². The molecular formula is C15H15ClFNO3S. The molecule has 0 unspecified atom stereocenters. The zero-order chi connectivity index (χ0) is 16.3. The van der Waals surface area contributed by atoms with Crippen LogP contribution in [0.15, 0.2) is 47.4 Å². The van der Waals surface area contributed by atoms with Crippen molar-refractivity contribution in [3.05, 3.63) is 58.9 Å². The summed E-state index contributed by atoms with van der Waals surface area (Å²) in [7, 11) is -0.848. The third kappa shape index (κ3) is 3.58. The maximum atomic E-state index is 13.2. The van der Waals surface area contributed by atoms with E-state index in [2.05, 4.69) is 0 Å². The lowest BCUT2D eigenvalue weighted by atomic mass is 10.2. The number of rotatable bonds is 5. The molecule has 0 aliphatic carbocycles. The van der Waals surface area contributed by atoms with Crippen LogP contribution in [0, 0.1) is 5.82 Å². The molecule has 0 N–H and O–H groups in total. The lowest BCUT2D eigenvalue weighted by molar-refractivity contribution is 0.414. The Balaban J connectivity index is 2.27. The second-order valence-corrected chi connectivity index (χ2v) is 7.14. The Hall–Kier alpha value is -1.63. The zero-order valence-electron chi connectivity index (χ0n) is 12.1. The molecule has 0 bridgehead atoms. The van der Waals surface area contributed by atoms with Crippen molar-refractivity contribution in [1.29, 1.82) is 0 Å². The fraction of sp³-hybridized carbons (Fsp3) is 0.200. The first-order valence-electron chi connectivity index (χ1n) is 6.39. The summed E-state index contributed by atoms with van der Waals surface area (Å²) >= 11 is 5.96. The van der Waals surface area contributed by atoms with Crippen LogP contribution in [-0.4, -0.2) is 26.9 Å². The molecule has 0 atom stereocenters. The van der Waals surface area contributed by atoms with Crippen LogP contribution in [0.4, 0.5) is 4.39 Å². The Kier molecular flexibility index (Phi) is 5.05. The molecule has 4 nitrogen and oxygen atoms in total. The Bertz CT molecular complexity index is 780. The number of nitrogens with zero attached hydrogens (tertiary/aromatic N) is 1. The van der Waals surface area contributed by atoms with Gasteiger partial charge in [0, 0.05) is 13.6 Å². The van der Waals surface area contributed by atoms with Crippen molar-refractivity contribution < 1.29 is 17.5 Å². The molecular weight excluding hydrogens is 329 g/mol. The fourth-order valence-corrected chi connectivity index (χ4v) is 3.47. The van der Waals surface area contributed by atoms with Crippen LogP contribution in [0.1, 0.15) is 5.56 Å². The van der Waals surface area contributed by atoms with Gasteiger partial charge in [0.15, 0.2) is 0 Å². The highest BCUT2D eigenvalue weighted by molar-refractivity contribution is 7.89. The van der Waals surface area contributed by atoms with Gasteiger partial charge < -0.3 is 4.74 Å². The van der Waals surface area contributed by atoms with Gasteiger partial charge in [-0.05, 0) is 35.9 Å². The van der Waals surface area contributed by atoms with E-state index in [0.29, 0.717) is 11.3 Å². The molecule has 7 heteroatoms. The van der Waals surface area contributed by atoms with Gasteiger partial charge in [-0.2, -0.15) is 4.31 Å². The van der Waals surface area contributed by atoms with Crippen LogP contribution < -0.4 is 4.74 Å². The van der Waals surface area contributed by atoms with Crippen molar-refractivity contribution >= 4 is 21.6 Å². The summed E-state index contributed by atoms with van der Waals surface area (Å²) in [6.07, 6.45) is 0. The molecule has 0 aliphatic rings. The first-order chi connectivity index (χ1) is 10.3. The number of benzene rings is 2. The van der Waals surface area contributed by atoms with Crippen molar-refractivity contribution in [2.24, 2.45) is 0 Å². The minimum Gasteiger partial charge on any atom is -0.495 e. The molecule has 2 aromatic rings. The first-order valence-corrected chi connectivity index (χ1v) is 8.20. The predicted octanol–water partition coefficient (Wildman–Crippen LogP) is 3.31. The van der Waals surface area contributed by atoms with Crippen molar-refractivity contribution in [3.8, 4) is 5.75 Å². The molecule has 0 fully saturated rings. The number of sulfonamides is 1. The first kappa shape index (κ1) is 16.7. The van der Waals surface area contributed by atoms with E-state index in [1.165, 1.54) is 50.6 Å². The second-order valence-electron chi connectivity index (χ2n) is 4.69. The lowest BCUT2D eigenvalue weighted by Gasteiger charge is -2.18. The smallest absolute Gasteiger partial charge is 0.243 e. The number of methoxy groups -OCH3 is 1. The quantitative estimate of drug-likeness (QED) is 0.836. The van der Waals surface area contributed by atoms with E-state index in [9.17, 15) is 12.8 Å². The summed E-state index contributed by atoms with van der Waals surface area (Å²) in [5, 5.41) is 0.211. The van der Waals surface area contributed by atoms with Crippen LogP contribution in [0.2, 0.25) is 5.02 Å². The normalized spacial score (nSPS) is 11.7. The van der Waals surface area contributed by atoms with Gasteiger partial charge in [-0.25, -0.2) is 12.8 Å². The summed E-state index contributed by atoms with van der Waals surface area (Å²) in [4.78, 5) is 0.0530. The Morgan fingerprint density at radius 2 is 1.95 bits per heavy atom. The maximum absolute atomic E-state index is 13.2. The van der Waals surface area contributed by atoms with Crippen LogP contribution in [0.5, 0.6) is 5.75 Å². The van der Waals surface area contributed by atoms with Gasteiger partial charge in [0.2, 0.25) is 10.0 Å². The van der Waals surface area contributed by atoms with Crippen LogP contribution >= 0.6 is 11.6 Å². The highest BCUT2D eigenvalue weighted by Gasteiger charge is 2.22.